The van der Waals surface area contributed by atoms with Gasteiger partial charge in [0.2, 0.25) is 0 Å². The first-order chi connectivity index (χ1) is 17.4. The molecule has 35 heavy (non-hydrogen) atoms. The van der Waals surface area contributed by atoms with Crippen LogP contribution in [0.5, 0.6) is 0 Å². The van der Waals surface area contributed by atoms with Crippen LogP contribution in [0.4, 0.5) is 0 Å². The van der Waals surface area contributed by atoms with Gasteiger partial charge in [-0.1, -0.05) is 127 Å². The lowest BCUT2D eigenvalue weighted by Gasteiger charge is -2.09. The van der Waals surface area contributed by atoms with Gasteiger partial charge in [0.15, 0.2) is 0 Å². The molecule has 0 bridgehead atoms. The van der Waals surface area contributed by atoms with Crippen molar-refractivity contribution in [2.75, 3.05) is 0 Å². The van der Waals surface area contributed by atoms with E-state index in [9.17, 15) is 0 Å². The third-order valence-corrected chi connectivity index (χ3v) is 7.06. The fraction of sp³-hybridized carbons (Fsp3) is 0. The molecule has 1 aromatic heterocycles. The number of rotatable bonds is 0. The Balaban J connectivity index is 0.000000120. The zero-order chi connectivity index (χ0) is 23.2. The Morgan fingerprint density at radius 3 is 1.20 bits per heavy atom. The Hall–Kier alpha value is -4.62. The minimum absolute atomic E-state index is 1.21. The lowest BCUT2D eigenvalue weighted by atomic mass is 9.95. The number of aromatic amines is 1. The minimum atomic E-state index is 1.21. The van der Waals surface area contributed by atoms with E-state index in [0.29, 0.717) is 0 Å². The summed E-state index contributed by atoms with van der Waals surface area (Å²) in [7, 11) is 0. The van der Waals surface area contributed by atoms with E-state index >= 15 is 0 Å². The lowest BCUT2D eigenvalue weighted by Crippen LogP contribution is -1.81. The molecule has 0 aliphatic rings. The summed E-state index contributed by atoms with van der Waals surface area (Å²) in [6.45, 7) is 0. The summed E-state index contributed by atoms with van der Waals surface area (Å²) in [4.78, 5) is 3.52. The van der Waals surface area contributed by atoms with Crippen LogP contribution in [0.3, 0.4) is 0 Å². The molecule has 8 aromatic rings. The van der Waals surface area contributed by atoms with E-state index in [-0.39, 0.29) is 0 Å². The van der Waals surface area contributed by atoms with E-state index < -0.39 is 0 Å². The highest BCUT2D eigenvalue weighted by molar-refractivity contribution is 6.25. The summed E-state index contributed by atoms with van der Waals surface area (Å²) >= 11 is 0. The number of hydrogen-bond donors (Lipinski definition) is 1. The van der Waals surface area contributed by atoms with Crippen LogP contribution < -0.4 is 0 Å². The molecule has 0 aliphatic carbocycles. The van der Waals surface area contributed by atoms with Crippen molar-refractivity contribution in [1.29, 1.82) is 0 Å². The first kappa shape index (κ1) is 19.8. The number of nitrogens with one attached hydrogen (secondary N) is 1. The molecule has 0 unspecified atom stereocenters. The maximum absolute atomic E-state index is 3.52. The zero-order valence-corrected chi connectivity index (χ0v) is 19.2. The normalized spacial score (nSPS) is 11.4. The van der Waals surface area contributed by atoms with E-state index in [1.807, 2.05) is 0 Å². The second-order valence-corrected chi connectivity index (χ2v) is 9.02. The Bertz CT molecular complexity index is 1790. The largest absolute Gasteiger partial charge is 0.354 e. The van der Waals surface area contributed by atoms with Crippen LogP contribution in [-0.4, -0.2) is 4.98 Å². The fourth-order valence-electron chi connectivity index (χ4n) is 5.45. The van der Waals surface area contributed by atoms with Gasteiger partial charge in [-0.05, 0) is 43.8 Å². The molecule has 0 radical (unpaired) electrons. The van der Waals surface area contributed by atoms with Gasteiger partial charge in [-0.3, -0.25) is 0 Å². The van der Waals surface area contributed by atoms with Crippen molar-refractivity contribution in [3.05, 3.63) is 133 Å². The molecule has 164 valence electrons. The Morgan fingerprint density at radius 1 is 0.286 bits per heavy atom. The molecule has 0 fully saturated rings. The van der Waals surface area contributed by atoms with Gasteiger partial charge >= 0.3 is 0 Å². The smallest absolute Gasteiger partial charge is 0.0544 e. The molecule has 0 saturated carbocycles. The van der Waals surface area contributed by atoms with Gasteiger partial charge in [-0.15, -0.1) is 0 Å². The van der Waals surface area contributed by atoms with Crippen molar-refractivity contribution in [3.63, 3.8) is 0 Å². The van der Waals surface area contributed by atoms with Gasteiger partial charge in [0.1, 0.15) is 0 Å². The first-order valence-corrected chi connectivity index (χ1v) is 12.0. The predicted molar refractivity (Wildman–Crippen MR) is 152 cm³/mol. The number of fused-ring (bicyclic) bond motifs is 11. The molecule has 0 saturated heterocycles. The van der Waals surface area contributed by atoms with Crippen LogP contribution >= 0.6 is 0 Å². The van der Waals surface area contributed by atoms with Crippen molar-refractivity contribution in [2.45, 2.75) is 0 Å². The van der Waals surface area contributed by atoms with E-state index in [2.05, 4.69) is 138 Å². The van der Waals surface area contributed by atoms with Crippen molar-refractivity contribution in [3.8, 4) is 0 Å². The van der Waals surface area contributed by atoms with Gasteiger partial charge < -0.3 is 4.98 Å². The highest BCUT2D eigenvalue weighted by atomic mass is 14.7. The Kier molecular flexibility index (Phi) is 4.53. The van der Waals surface area contributed by atoms with Gasteiger partial charge in [-0.2, -0.15) is 0 Å². The van der Waals surface area contributed by atoms with Crippen molar-refractivity contribution in [1.82, 2.24) is 4.98 Å². The van der Waals surface area contributed by atoms with E-state index in [1.54, 1.807) is 0 Å². The van der Waals surface area contributed by atoms with Crippen LogP contribution in [0.1, 0.15) is 0 Å². The second-order valence-electron chi connectivity index (χ2n) is 9.02. The summed E-state index contributed by atoms with van der Waals surface area (Å²) < 4.78 is 0. The molecule has 1 nitrogen and oxygen atoms in total. The SMILES string of the molecule is c1ccc2c(c1)c1ccccc1c1ccccc21.c1ccc2c(c1)ccc1c3ccccc3[nH]c21. The summed E-state index contributed by atoms with van der Waals surface area (Å²) in [6.07, 6.45) is 0. The monoisotopic (exact) mass is 445 g/mol. The van der Waals surface area contributed by atoms with Crippen LogP contribution in [0, 0.1) is 0 Å². The topological polar surface area (TPSA) is 15.8 Å². The van der Waals surface area contributed by atoms with Crippen LogP contribution in [-0.2, 0) is 0 Å². The highest BCUT2D eigenvalue weighted by Gasteiger charge is 2.07. The number of H-pyrrole nitrogens is 1. The molecule has 0 amide bonds. The molecule has 0 spiro atoms. The van der Waals surface area contributed by atoms with Crippen molar-refractivity contribution < 1.29 is 0 Å². The maximum atomic E-state index is 3.52. The predicted octanol–water partition coefficient (Wildman–Crippen LogP) is 9.62. The summed E-state index contributed by atoms with van der Waals surface area (Å²) in [5.74, 6) is 0. The molecule has 1 N–H and O–H groups in total. The van der Waals surface area contributed by atoms with Gasteiger partial charge in [-0.25, -0.2) is 0 Å². The lowest BCUT2D eigenvalue weighted by molar-refractivity contribution is 1.56. The molecule has 1 heteroatoms. The molecule has 0 atom stereocenters. The first-order valence-electron chi connectivity index (χ1n) is 12.0. The molecule has 0 aliphatic heterocycles. The summed E-state index contributed by atoms with van der Waals surface area (Å²) in [5.41, 5.74) is 2.45. The number of benzene rings is 7. The van der Waals surface area contributed by atoms with E-state index in [1.165, 1.54) is 64.9 Å². The van der Waals surface area contributed by atoms with E-state index in [4.69, 9.17) is 0 Å². The summed E-state index contributed by atoms with van der Waals surface area (Å²) in [6, 6.07) is 47.3. The highest BCUT2D eigenvalue weighted by Crippen LogP contribution is 2.34. The van der Waals surface area contributed by atoms with Crippen LogP contribution in [0.15, 0.2) is 133 Å². The zero-order valence-electron chi connectivity index (χ0n) is 19.2. The molecular formula is C34H23N. The number of para-hydroxylation sites is 1. The summed E-state index contributed by atoms with van der Waals surface area (Å²) in [5, 5.41) is 13.2. The second kappa shape index (κ2) is 8.00. The Labute approximate surface area is 203 Å². The standard InChI is InChI=1S/C18H12.C16H11N/c1-2-8-14-13(7-1)15-9-3-4-11-17(15)18-12-6-5-10-16(14)18;1-2-6-12-11(5-1)9-10-14-13-7-3-4-8-15(13)17-16(12)14/h1-12H;1-10,17H. The van der Waals surface area contributed by atoms with Gasteiger partial charge in [0.25, 0.3) is 0 Å². The number of aromatic nitrogens is 1. The molecule has 1 heterocycles. The van der Waals surface area contributed by atoms with Crippen molar-refractivity contribution >= 4 is 64.9 Å². The third-order valence-electron chi connectivity index (χ3n) is 7.06. The average Bonchev–Trinajstić information content (AvgIpc) is 3.33. The minimum Gasteiger partial charge on any atom is -0.354 e. The molecule has 7 aromatic carbocycles. The van der Waals surface area contributed by atoms with Crippen LogP contribution in [0.2, 0.25) is 0 Å². The number of hydrogen-bond acceptors (Lipinski definition) is 0. The average molecular weight is 446 g/mol. The Morgan fingerprint density at radius 2 is 0.686 bits per heavy atom. The molecule has 8 rings (SSSR count). The van der Waals surface area contributed by atoms with Crippen molar-refractivity contribution in [2.24, 2.45) is 0 Å². The quantitative estimate of drug-likeness (QED) is 0.224. The molecular weight excluding hydrogens is 422 g/mol. The van der Waals surface area contributed by atoms with E-state index in [0.717, 1.165) is 0 Å². The fourth-order valence-corrected chi connectivity index (χ4v) is 5.45. The maximum Gasteiger partial charge on any atom is 0.0544 e. The van der Waals surface area contributed by atoms with Gasteiger partial charge in [0.05, 0.1) is 5.52 Å². The van der Waals surface area contributed by atoms with Crippen LogP contribution in [0.25, 0.3) is 64.9 Å². The van der Waals surface area contributed by atoms with Gasteiger partial charge in [0, 0.05) is 21.7 Å². The third kappa shape index (κ3) is 3.17.